The summed E-state index contributed by atoms with van der Waals surface area (Å²) in [5.74, 6) is 1.30. The minimum absolute atomic E-state index is 0.178. The maximum absolute atomic E-state index is 5.61. The van der Waals surface area contributed by atoms with Gasteiger partial charge in [-0.05, 0) is 36.8 Å². The van der Waals surface area contributed by atoms with Gasteiger partial charge in [-0.3, -0.25) is 4.98 Å². The molecule has 0 aliphatic rings. The van der Waals surface area contributed by atoms with Gasteiger partial charge in [0.1, 0.15) is 11.6 Å². The fourth-order valence-corrected chi connectivity index (χ4v) is 1.49. The number of nitrogens with two attached hydrogens (primary N) is 1. The average molecular weight is 214 g/mol. The number of anilines is 2. The van der Waals surface area contributed by atoms with Crippen molar-refractivity contribution in [3.05, 3.63) is 48.3 Å². The third-order valence-electron chi connectivity index (χ3n) is 2.34. The topological polar surface area (TPSA) is 63.8 Å². The Balaban J connectivity index is 2.11. The van der Waals surface area contributed by atoms with Crippen molar-refractivity contribution in [3.8, 4) is 0 Å². The van der Waals surface area contributed by atoms with E-state index in [1.165, 1.54) is 5.56 Å². The highest BCUT2D eigenvalue weighted by atomic mass is 15.0. The molecule has 0 aromatic carbocycles. The van der Waals surface area contributed by atoms with E-state index in [1.807, 2.05) is 24.3 Å². The summed E-state index contributed by atoms with van der Waals surface area (Å²) in [6.45, 7) is 2.07. The molecule has 0 saturated carbocycles. The van der Waals surface area contributed by atoms with Gasteiger partial charge in [0.25, 0.3) is 0 Å². The van der Waals surface area contributed by atoms with E-state index in [2.05, 4.69) is 22.2 Å². The van der Waals surface area contributed by atoms with Crippen molar-refractivity contribution >= 4 is 11.6 Å². The van der Waals surface area contributed by atoms with Crippen LogP contribution in [0.2, 0.25) is 0 Å². The van der Waals surface area contributed by atoms with E-state index in [-0.39, 0.29) is 6.04 Å². The lowest BCUT2D eigenvalue weighted by molar-refractivity contribution is 0.871. The Labute approximate surface area is 94.5 Å². The molecule has 82 valence electrons. The summed E-state index contributed by atoms with van der Waals surface area (Å²) < 4.78 is 0. The zero-order valence-corrected chi connectivity index (χ0v) is 9.09. The first-order valence-corrected chi connectivity index (χ1v) is 5.15. The second kappa shape index (κ2) is 4.61. The van der Waals surface area contributed by atoms with Gasteiger partial charge in [-0.2, -0.15) is 0 Å². The molecule has 2 aromatic heterocycles. The molecule has 0 spiro atoms. The number of nitrogen functional groups attached to an aromatic ring is 1. The van der Waals surface area contributed by atoms with E-state index < -0.39 is 0 Å². The first-order valence-electron chi connectivity index (χ1n) is 5.15. The number of pyridine rings is 2. The van der Waals surface area contributed by atoms with Gasteiger partial charge in [0.2, 0.25) is 0 Å². The highest BCUT2D eigenvalue weighted by molar-refractivity contribution is 5.43. The molecular formula is C12H14N4. The van der Waals surface area contributed by atoms with E-state index >= 15 is 0 Å². The molecule has 4 nitrogen and oxygen atoms in total. The number of hydrogen-bond donors (Lipinski definition) is 2. The van der Waals surface area contributed by atoms with Gasteiger partial charge >= 0.3 is 0 Å². The molecule has 0 bridgehead atoms. The number of hydrogen-bond acceptors (Lipinski definition) is 4. The van der Waals surface area contributed by atoms with E-state index in [4.69, 9.17) is 5.73 Å². The molecule has 0 saturated heterocycles. The Morgan fingerprint density at radius 2 is 1.94 bits per heavy atom. The summed E-state index contributed by atoms with van der Waals surface area (Å²) >= 11 is 0. The SMILES string of the molecule is CC(Nc1cccc(N)n1)c1ccncc1. The largest absolute Gasteiger partial charge is 0.384 e. The lowest BCUT2D eigenvalue weighted by Gasteiger charge is -2.14. The van der Waals surface area contributed by atoms with E-state index in [1.54, 1.807) is 18.5 Å². The average Bonchev–Trinajstić information content (AvgIpc) is 2.30. The third kappa shape index (κ3) is 2.48. The molecule has 0 aliphatic carbocycles. The molecule has 2 rings (SSSR count). The van der Waals surface area contributed by atoms with Crippen LogP contribution in [0.4, 0.5) is 11.6 Å². The van der Waals surface area contributed by atoms with E-state index in [0.29, 0.717) is 5.82 Å². The summed E-state index contributed by atoms with van der Waals surface area (Å²) in [6, 6.07) is 9.67. The van der Waals surface area contributed by atoms with E-state index in [0.717, 1.165) is 5.82 Å². The maximum atomic E-state index is 5.61. The minimum Gasteiger partial charge on any atom is -0.384 e. The summed E-state index contributed by atoms with van der Waals surface area (Å²) in [4.78, 5) is 8.18. The summed E-state index contributed by atoms with van der Waals surface area (Å²) in [6.07, 6.45) is 3.56. The fourth-order valence-electron chi connectivity index (χ4n) is 1.49. The van der Waals surface area contributed by atoms with Crippen LogP contribution in [0.1, 0.15) is 18.5 Å². The van der Waals surface area contributed by atoms with Crippen molar-refractivity contribution in [1.82, 2.24) is 9.97 Å². The maximum Gasteiger partial charge on any atom is 0.128 e. The molecule has 2 aromatic rings. The predicted octanol–water partition coefficient (Wildman–Crippen LogP) is 2.23. The normalized spacial score (nSPS) is 12.1. The zero-order valence-electron chi connectivity index (χ0n) is 9.09. The second-order valence-corrected chi connectivity index (χ2v) is 3.59. The van der Waals surface area contributed by atoms with Crippen LogP contribution in [0.15, 0.2) is 42.7 Å². The summed E-state index contributed by atoms with van der Waals surface area (Å²) in [7, 11) is 0. The monoisotopic (exact) mass is 214 g/mol. The van der Waals surface area contributed by atoms with Gasteiger partial charge in [0, 0.05) is 12.4 Å². The van der Waals surface area contributed by atoms with Crippen LogP contribution in [0.5, 0.6) is 0 Å². The Morgan fingerprint density at radius 1 is 1.19 bits per heavy atom. The van der Waals surface area contributed by atoms with Crippen LogP contribution in [0, 0.1) is 0 Å². The van der Waals surface area contributed by atoms with Crippen molar-refractivity contribution in [2.45, 2.75) is 13.0 Å². The lowest BCUT2D eigenvalue weighted by Crippen LogP contribution is -2.08. The van der Waals surface area contributed by atoms with Gasteiger partial charge in [-0.15, -0.1) is 0 Å². The fraction of sp³-hybridized carbons (Fsp3) is 0.167. The molecule has 3 N–H and O–H groups in total. The third-order valence-corrected chi connectivity index (χ3v) is 2.34. The van der Waals surface area contributed by atoms with Crippen LogP contribution in [0.25, 0.3) is 0 Å². The van der Waals surface area contributed by atoms with Gasteiger partial charge in [0.05, 0.1) is 6.04 Å². The van der Waals surface area contributed by atoms with Gasteiger partial charge in [-0.1, -0.05) is 6.07 Å². The Morgan fingerprint density at radius 3 is 2.62 bits per heavy atom. The molecule has 1 atom stereocenters. The van der Waals surface area contributed by atoms with Crippen LogP contribution in [0.3, 0.4) is 0 Å². The molecule has 1 unspecified atom stereocenters. The van der Waals surface area contributed by atoms with Gasteiger partial charge < -0.3 is 11.1 Å². The quantitative estimate of drug-likeness (QED) is 0.822. The predicted molar refractivity (Wildman–Crippen MR) is 64.9 cm³/mol. The Bertz CT molecular complexity index is 456. The summed E-state index contributed by atoms with van der Waals surface area (Å²) in [5, 5.41) is 3.28. The number of aromatic nitrogens is 2. The molecule has 4 heteroatoms. The zero-order chi connectivity index (χ0) is 11.4. The van der Waals surface area contributed by atoms with Crippen LogP contribution < -0.4 is 11.1 Å². The molecule has 16 heavy (non-hydrogen) atoms. The Hall–Kier alpha value is -2.10. The number of rotatable bonds is 3. The molecule has 0 fully saturated rings. The van der Waals surface area contributed by atoms with Crippen molar-refractivity contribution in [1.29, 1.82) is 0 Å². The standard InChI is InChI=1S/C12H14N4/c1-9(10-5-7-14-8-6-10)15-12-4-2-3-11(13)16-12/h2-9H,1H3,(H3,13,15,16). The van der Waals surface area contributed by atoms with Crippen molar-refractivity contribution in [2.75, 3.05) is 11.1 Å². The van der Waals surface area contributed by atoms with E-state index in [9.17, 15) is 0 Å². The first kappa shape index (κ1) is 10.4. The highest BCUT2D eigenvalue weighted by Crippen LogP contribution is 2.17. The molecule has 0 radical (unpaired) electrons. The lowest BCUT2D eigenvalue weighted by atomic mass is 10.1. The van der Waals surface area contributed by atoms with Crippen molar-refractivity contribution < 1.29 is 0 Å². The number of nitrogens with one attached hydrogen (secondary N) is 1. The van der Waals surface area contributed by atoms with Crippen molar-refractivity contribution in [2.24, 2.45) is 0 Å². The van der Waals surface area contributed by atoms with Crippen LogP contribution in [-0.2, 0) is 0 Å². The Kier molecular flexibility index (Phi) is 3.00. The second-order valence-electron chi connectivity index (χ2n) is 3.59. The van der Waals surface area contributed by atoms with Crippen molar-refractivity contribution in [3.63, 3.8) is 0 Å². The van der Waals surface area contributed by atoms with Crippen LogP contribution >= 0.6 is 0 Å². The molecule has 0 amide bonds. The molecule has 2 heterocycles. The first-order chi connectivity index (χ1) is 7.75. The molecule has 0 aliphatic heterocycles. The van der Waals surface area contributed by atoms with Gasteiger partial charge in [0.15, 0.2) is 0 Å². The smallest absolute Gasteiger partial charge is 0.128 e. The van der Waals surface area contributed by atoms with Crippen LogP contribution in [-0.4, -0.2) is 9.97 Å². The van der Waals surface area contributed by atoms with Gasteiger partial charge in [-0.25, -0.2) is 4.98 Å². The summed E-state index contributed by atoms with van der Waals surface area (Å²) in [5.41, 5.74) is 6.78. The number of nitrogens with zero attached hydrogens (tertiary/aromatic N) is 2. The molecular weight excluding hydrogens is 200 g/mol. The highest BCUT2D eigenvalue weighted by Gasteiger charge is 2.05. The minimum atomic E-state index is 0.178.